The summed E-state index contributed by atoms with van der Waals surface area (Å²) in [5.41, 5.74) is 2.00. The standard InChI is InChI=1S/C16H28N2S.C14H11ClFNO/c1-3-5-6-14(4-2)13-18-10-7-15(8-11-18)16-17-9-12-19-16;1-9(18)17-14-7-6-12(16)8-13(14)10-2-4-11(15)5-3-10/h9,12,14-15H,3-8,10-11,13H2,1-2H3;2-8H,1H3,(H,17,18). The topological polar surface area (TPSA) is 45.2 Å². The molecule has 0 spiro atoms. The average molecular weight is 544 g/mol. The van der Waals surface area contributed by atoms with Crippen molar-refractivity contribution in [2.75, 3.05) is 25.0 Å². The number of hydrogen-bond donors (Lipinski definition) is 1. The Kier molecular flexibility index (Phi) is 12.0. The van der Waals surface area contributed by atoms with Crippen LogP contribution in [0.2, 0.25) is 5.02 Å². The molecule has 7 heteroatoms. The molecule has 0 radical (unpaired) electrons. The number of benzene rings is 2. The van der Waals surface area contributed by atoms with Crippen LogP contribution in [0.4, 0.5) is 10.1 Å². The molecule has 2 heterocycles. The quantitative estimate of drug-likeness (QED) is 0.293. The Labute approximate surface area is 230 Å². The highest BCUT2D eigenvalue weighted by Crippen LogP contribution is 2.31. The number of nitrogens with zero attached hydrogens (tertiary/aromatic N) is 2. The number of nitrogens with one attached hydrogen (secondary N) is 1. The molecule has 4 nitrogen and oxygen atoms in total. The monoisotopic (exact) mass is 543 g/mol. The van der Waals surface area contributed by atoms with E-state index < -0.39 is 0 Å². The van der Waals surface area contributed by atoms with E-state index in [0.717, 1.165) is 17.4 Å². The first kappa shape index (κ1) is 29.3. The Morgan fingerprint density at radius 1 is 1.19 bits per heavy atom. The van der Waals surface area contributed by atoms with Gasteiger partial charge in [0.25, 0.3) is 0 Å². The summed E-state index contributed by atoms with van der Waals surface area (Å²) in [6, 6.07) is 11.2. The van der Waals surface area contributed by atoms with Crippen molar-refractivity contribution in [3.05, 3.63) is 69.9 Å². The molecule has 1 amide bonds. The summed E-state index contributed by atoms with van der Waals surface area (Å²) in [4.78, 5) is 18.3. The molecule has 1 fully saturated rings. The van der Waals surface area contributed by atoms with Gasteiger partial charge in [0.1, 0.15) is 5.82 Å². The lowest BCUT2D eigenvalue weighted by atomic mass is 9.94. The molecule has 0 saturated carbocycles. The summed E-state index contributed by atoms with van der Waals surface area (Å²) in [5, 5.41) is 6.75. The number of rotatable bonds is 9. The lowest BCUT2D eigenvalue weighted by Crippen LogP contribution is -2.36. The molecule has 1 saturated heterocycles. The van der Waals surface area contributed by atoms with E-state index in [1.807, 2.05) is 17.5 Å². The van der Waals surface area contributed by atoms with Gasteiger partial charge in [-0.2, -0.15) is 0 Å². The van der Waals surface area contributed by atoms with Crippen molar-refractivity contribution >= 4 is 34.5 Å². The zero-order valence-corrected chi connectivity index (χ0v) is 23.8. The third-order valence-corrected chi connectivity index (χ3v) is 8.09. The summed E-state index contributed by atoms with van der Waals surface area (Å²) in [6.45, 7) is 9.92. The lowest BCUT2D eigenvalue weighted by Gasteiger charge is -2.33. The second-order valence-corrected chi connectivity index (χ2v) is 11.1. The number of anilines is 1. The van der Waals surface area contributed by atoms with Crippen LogP contribution in [0.3, 0.4) is 0 Å². The van der Waals surface area contributed by atoms with Crippen LogP contribution in [0.5, 0.6) is 0 Å². The van der Waals surface area contributed by atoms with E-state index in [4.69, 9.17) is 11.6 Å². The number of carbonyl (C=O) groups is 1. The first-order chi connectivity index (χ1) is 17.9. The minimum absolute atomic E-state index is 0.197. The van der Waals surface area contributed by atoms with Gasteiger partial charge in [0.2, 0.25) is 5.91 Å². The molecule has 200 valence electrons. The van der Waals surface area contributed by atoms with Crippen LogP contribution < -0.4 is 5.32 Å². The Morgan fingerprint density at radius 2 is 1.92 bits per heavy atom. The van der Waals surface area contributed by atoms with E-state index in [-0.39, 0.29) is 11.7 Å². The van der Waals surface area contributed by atoms with Crippen LogP contribution in [0.15, 0.2) is 54.0 Å². The molecule has 37 heavy (non-hydrogen) atoms. The van der Waals surface area contributed by atoms with Crippen LogP contribution in [-0.2, 0) is 4.79 Å². The van der Waals surface area contributed by atoms with Crippen molar-refractivity contribution in [2.45, 2.75) is 65.2 Å². The normalized spacial score (nSPS) is 15.1. The van der Waals surface area contributed by atoms with E-state index in [2.05, 4.69) is 34.4 Å². The number of piperidine rings is 1. The predicted octanol–water partition coefficient (Wildman–Crippen LogP) is 8.64. The van der Waals surface area contributed by atoms with Crippen molar-refractivity contribution in [3.63, 3.8) is 0 Å². The lowest BCUT2D eigenvalue weighted by molar-refractivity contribution is -0.114. The largest absolute Gasteiger partial charge is 0.326 e. The van der Waals surface area contributed by atoms with Crippen molar-refractivity contribution in [3.8, 4) is 11.1 Å². The van der Waals surface area contributed by atoms with Crippen molar-refractivity contribution in [1.29, 1.82) is 0 Å². The molecule has 1 N–H and O–H groups in total. The molecular weight excluding hydrogens is 505 g/mol. The van der Waals surface area contributed by atoms with E-state index >= 15 is 0 Å². The number of likely N-dealkylation sites (tertiary alicyclic amines) is 1. The summed E-state index contributed by atoms with van der Waals surface area (Å²) in [7, 11) is 0. The van der Waals surface area contributed by atoms with Gasteiger partial charge in [-0.15, -0.1) is 11.3 Å². The molecule has 2 aromatic carbocycles. The second-order valence-electron chi connectivity index (χ2n) is 9.74. The summed E-state index contributed by atoms with van der Waals surface area (Å²) in [5.74, 6) is 1.09. The number of amides is 1. The minimum Gasteiger partial charge on any atom is -0.326 e. The molecule has 1 atom stereocenters. The molecule has 1 aliphatic heterocycles. The van der Waals surface area contributed by atoms with Gasteiger partial charge in [-0.05, 0) is 74.2 Å². The number of unbranched alkanes of at least 4 members (excludes halogenated alkanes) is 1. The van der Waals surface area contributed by atoms with Crippen LogP contribution >= 0.6 is 22.9 Å². The summed E-state index contributed by atoms with van der Waals surface area (Å²) < 4.78 is 13.3. The molecule has 1 aromatic heterocycles. The van der Waals surface area contributed by atoms with Crippen LogP contribution in [0.1, 0.15) is 70.2 Å². The van der Waals surface area contributed by atoms with Gasteiger partial charge in [-0.25, -0.2) is 9.37 Å². The predicted molar refractivity (Wildman–Crippen MR) is 155 cm³/mol. The molecule has 3 aromatic rings. The Hall–Kier alpha value is -2.28. The first-order valence-electron chi connectivity index (χ1n) is 13.3. The molecule has 4 rings (SSSR count). The smallest absolute Gasteiger partial charge is 0.221 e. The number of aromatic nitrogens is 1. The van der Waals surface area contributed by atoms with Crippen LogP contribution in [-0.4, -0.2) is 35.4 Å². The highest BCUT2D eigenvalue weighted by Gasteiger charge is 2.23. The van der Waals surface area contributed by atoms with Crippen molar-refractivity contribution in [1.82, 2.24) is 9.88 Å². The second kappa shape index (κ2) is 15.2. The average Bonchev–Trinajstić information content (AvgIpc) is 3.44. The maximum Gasteiger partial charge on any atom is 0.221 e. The third-order valence-electron chi connectivity index (χ3n) is 6.90. The number of thiazole rings is 1. The summed E-state index contributed by atoms with van der Waals surface area (Å²) in [6.07, 6.45) is 10.0. The fraction of sp³-hybridized carbons (Fsp3) is 0.467. The van der Waals surface area contributed by atoms with Crippen molar-refractivity contribution < 1.29 is 9.18 Å². The molecular formula is C30H39ClFN3OS. The number of halogens is 2. The maximum atomic E-state index is 13.3. The van der Waals surface area contributed by atoms with E-state index in [9.17, 15) is 9.18 Å². The zero-order valence-electron chi connectivity index (χ0n) is 22.2. The van der Waals surface area contributed by atoms with E-state index in [0.29, 0.717) is 16.3 Å². The molecule has 1 aliphatic rings. The first-order valence-corrected chi connectivity index (χ1v) is 14.6. The minimum atomic E-state index is -0.353. The number of carbonyl (C=O) groups excluding carboxylic acids is 1. The fourth-order valence-corrected chi connectivity index (χ4v) is 5.70. The van der Waals surface area contributed by atoms with Gasteiger partial charge >= 0.3 is 0 Å². The third kappa shape index (κ3) is 9.51. The Morgan fingerprint density at radius 3 is 2.51 bits per heavy atom. The van der Waals surface area contributed by atoms with Gasteiger partial charge in [0.15, 0.2) is 0 Å². The van der Waals surface area contributed by atoms with E-state index in [1.54, 1.807) is 30.3 Å². The van der Waals surface area contributed by atoms with Gasteiger partial charge in [-0.1, -0.05) is 56.8 Å². The van der Waals surface area contributed by atoms with Gasteiger partial charge < -0.3 is 10.2 Å². The molecule has 1 unspecified atom stereocenters. The SMILES string of the molecule is CC(=O)Nc1ccc(F)cc1-c1ccc(Cl)cc1.CCCCC(CC)CN1CCC(c2nccs2)CC1. The maximum absolute atomic E-state index is 13.3. The van der Waals surface area contributed by atoms with E-state index in [1.165, 1.54) is 82.2 Å². The van der Waals surface area contributed by atoms with Gasteiger partial charge in [0, 0.05) is 47.2 Å². The highest BCUT2D eigenvalue weighted by atomic mass is 35.5. The number of hydrogen-bond acceptors (Lipinski definition) is 4. The molecule has 0 aliphatic carbocycles. The van der Waals surface area contributed by atoms with Crippen LogP contribution in [0.25, 0.3) is 11.1 Å². The van der Waals surface area contributed by atoms with Crippen molar-refractivity contribution in [2.24, 2.45) is 5.92 Å². The summed E-state index contributed by atoms with van der Waals surface area (Å²) >= 11 is 7.64. The van der Waals surface area contributed by atoms with Gasteiger partial charge in [-0.3, -0.25) is 4.79 Å². The Balaban J connectivity index is 0.000000206. The highest BCUT2D eigenvalue weighted by molar-refractivity contribution is 7.09. The van der Waals surface area contributed by atoms with Gasteiger partial charge in [0.05, 0.1) is 5.01 Å². The zero-order chi connectivity index (χ0) is 26.6. The molecule has 0 bridgehead atoms. The Bertz CT molecular complexity index is 1080. The fourth-order valence-electron chi connectivity index (χ4n) is 4.76. The van der Waals surface area contributed by atoms with Crippen LogP contribution in [0, 0.1) is 11.7 Å².